The van der Waals surface area contributed by atoms with Crippen molar-refractivity contribution in [2.45, 2.75) is 6.54 Å². The molecule has 1 heterocycles. The molecule has 0 fully saturated rings. The zero-order valence-corrected chi connectivity index (χ0v) is 14.6. The third-order valence-corrected chi connectivity index (χ3v) is 3.99. The van der Waals surface area contributed by atoms with Crippen molar-refractivity contribution in [1.29, 1.82) is 0 Å². The summed E-state index contributed by atoms with van der Waals surface area (Å²) in [6, 6.07) is 17.6. The molecule has 0 bridgehead atoms. The molecule has 0 unspecified atom stereocenters. The summed E-state index contributed by atoms with van der Waals surface area (Å²) >= 11 is 0. The fraction of sp³-hybridized carbons (Fsp3) is 0.250. The second-order valence-corrected chi connectivity index (χ2v) is 6.26. The molecular weight excluding hydrogens is 312 g/mol. The van der Waals surface area contributed by atoms with E-state index >= 15 is 0 Å². The number of fused-ring (bicyclic) bond motifs is 1. The van der Waals surface area contributed by atoms with Crippen molar-refractivity contribution >= 4 is 16.9 Å². The smallest absolute Gasteiger partial charge is 0.274 e. The molecule has 3 aromatic rings. The minimum absolute atomic E-state index is 0.0936. The number of hydrogen-bond acceptors (Lipinski definition) is 4. The van der Waals surface area contributed by atoms with Gasteiger partial charge in [0.05, 0.1) is 17.2 Å². The van der Waals surface area contributed by atoms with Crippen molar-refractivity contribution in [3.05, 3.63) is 72.1 Å². The third-order valence-electron chi connectivity index (χ3n) is 3.99. The van der Waals surface area contributed by atoms with E-state index in [2.05, 4.69) is 14.9 Å². The normalized spacial score (nSPS) is 11.0. The van der Waals surface area contributed by atoms with E-state index in [1.54, 1.807) is 6.20 Å². The Morgan fingerprint density at radius 1 is 0.920 bits per heavy atom. The number of benzene rings is 2. The molecule has 0 radical (unpaired) electrons. The second kappa shape index (κ2) is 7.85. The van der Waals surface area contributed by atoms with Crippen LogP contribution in [0.4, 0.5) is 0 Å². The van der Waals surface area contributed by atoms with Gasteiger partial charge in [-0.2, -0.15) is 0 Å². The Balaban J connectivity index is 1.85. The first kappa shape index (κ1) is 17.0. The van der Waals surface area contributed by atoms with Crippen LogP contribution in [0.15, 0.2) is 60.8 Å². The Hall–Kier alpha value is -2.79. The maximum absolute atomic E-state index is 13.0. The third kappa shape index (κ3) is 4.39. The fourth-order valence-corrected chi connectivity index (χ4v) is 2.60. The quantitative estimate of drug-likeness (QED) is 0.695. The number of rotatable bonds is 6. The Bertz CT molecular complexity index is 848. The molecule has 0 spiro atoms. The van der Waals surface area contributed by atoms with E-state index in [1.165, 1.54) is 0 Å². The lowest BCUT2D eigenvalue weighted by Crippen LogP contribution is -2.36. The van der Waals surface area contributed by atoms with E-state index in [0.29, 0.717) is 18.8 Å². The van der Waals surface area contributed by atoms with E-state index in [1.807, 2.05) is 73.6 Å². The van der Waals surface area contributed by atoms with Crippen LogP contribution in [0.3, 0.4) is 0 Å². The Morgan fingerprint density at radius 2 is 1.60 bits per heavy atom. The van der Waals surface area contributed by atoms with Gasteiger partial charge in [-0.3, -0.25) is 9.78 Å². The molecule has 0 saturated carbocycles. The van der Waals surface area contributed by atoms with Gasteiger partial charge in [0, 0.05) is 19.6 Å². The summed E-state index contributed by atoms with van der Waals surface area (Å²) in [5.74, 6) is -0.0936. The molecule has 0 atom stereocenters. The Morgan fingerprint density at radius 3 is 2.32 bits per heavy atom. The molecule has 0 saturated heterocycles. The first-order chi connectivity index (χ1) is 12.1. The van der Waals surface area contributed by atoms with Crippen LogP contribution in [0.25, 0.3) is 11.0 Å². The van der Waals surface area contributed by atoms with E-state index < -0.39 is 0 Å². The lowest BCUT2D eigenvalue weighted by atomic mass is 10.2. The van der Waals surface area contributed by atoms with Crippen LogP contribution < -0.4 is 0 Å². The van der Waals surface area contributed by atoms with Crippen LogP contribution in [0.1, 0.15) is 16.1 Å². The number of nitrogens with zero attached hydrogens (tertiary/aromatic N) is 4. The molecule has 2 aromatic carbocycles. The Labute approximate surface area is 147 Å². The molecule has 0 aliphatic heterocycles. The van der Waals surface area contributed by atoms with Gasteiger partial charge in [0.15, 0.2) is 0 Å². The standard InChI is InChI=1S/C20H22N4O/c1-23(2)12-13-24(15-16-8-4-3-5-9-16)20(25)19-14-21-17-10-6-7-11-18(17)22-19/h3-11,14H,12-13,15H2,1-2H3. The molecule has 1 aromatic heterocycles. The van der Waals surface area contributed by atoms with Crippen LogP contribution in [0.5, 0.6) is 0 Å². The van der Waals surface area contributed by atoms with Crippen LogP contribution >= 0.6 is 0 Å². The summed E-state index contributed by atoms with van der Waals surface area (Å²) in [5, 5.41) is 0. The van der Waals surface area contributed by atoms with Gasteiger partial charge in [0.25, 0.3) is 5.91 Å². The highest BCUT2D eigenvalue weighted by Crippen LogP contribution is 2.12. The molecule has 25 heavy (non-hydrogen) atoms. The van der Waals surface area contributed by atoms with Crippen molar-refractivity contribution < 1.29 is 4.79 Å². The van der Waals surface area contributed by atoms with Gasteiger partial charge >= 0.3 is 0 Å². The van der Waals surface area contributed by atoms with Crippen LogP contribution in [-0.2, 0) is 6.54 Å². The molecule has 0 N–H and O–H groups in total. The topological polar surface area (TPSA) is 49.3 Å². The maximum atomic E-state index is 13.0. The van der Waals surface area contributed by atoms with Crippen molar-refractivity contribution in [2.75, 3.05) is 27.2 Å². The minimum Gasteiger partial charge on any atom is -0.332 e. The lowest BCUT2D eigenvalue weighted by Gasteiger charge is -2.24. The monoisotopic (exact) mass is 334 g/mol. The first-order valence-corrected chi connectivity index (χ1v) is 8.33. The summed E-state index contributed by atoms with van der Waals surface area (Å²) in [5.41, 5.74) is 3.01. The summed E-state index contributed by atoms with van der Waals surface area (Å²) < 4.78 is 0. The van der Waals surface area contributed by atoms with E-state index in [0.717, 1.165) is 23.1 Å². The predicted octanol–water partition coefficient (Wildman–Crippen LogP) is 2.83. The van der Waals surface area contributed by atoms with E-state index in [9.17, 15) is 4.79 Å². The summed E-state index contributed by atoms with van der Waals surface area (Å²) in [4.78, 5) is 25.8. The minimum atomic E-state index is -0.0936. The van der Waals surface area contributed by atoms with Crippen molar-refractivity contribution in [2.24, 2.45) is 0 Å². The lowest BCUT2D eigenvalue weighted by molar-refractivity contribution is 0.0726. The van der Waals surface area contributed by atoms with E-state index in [4.69, 9.17) is 0 Å². The summed E-state index contributed by atoms with van der Waals surface area (Å²) in [6.45, 7) is 1.98. The van der Waals surface area contributed by atoms with Gasteiger partial charge in [-0.25, -0.2) is 4.98 Å². The second-order valence-electron chi connectivity index (χ2n) is 6.26. The van der Waals surface area contributed by atoms with Gasteiger partial charge < -0.3 is 9.80 Å². The van der Waals surface area contributed by atoms with Crippen LogP contribution in [0, 0.1) is 0 Å². The largest absolute Gasteiger partial charge is 0.332 e. The average molecular weight is 334 g/mol. The average Bonchev–Trinajstić information content (AvgIpc) is 2.65. The van der Waals surface area contributed by atoms with Gasteiger partial charge in [0.1, 0.15) is 5.69 Å². The maximum Gasteiger partial charge on any atom is 0.274 e. The Kier molecular flexibility index (Phi) is 5.36. The van der Waals surface area contributed by atoms with Gasteiger partial charge in [-0.15, -0.1) is 0 Å². The molecule has 0 aliphatic rings. The highest BCUT2D eigenvalue weighted by Gasteiger charge is 2.18. The molecule has 0 aliphatic carbocycles. The van der Waals surface area contributed by atoms with Gasteiger partial charge in [0.2, 0.25) is 0 Å². The number of carbonyl (C=O) groups is 1. The van der Waals surface area contributed by atoms with Gasteiger partial charge in [-0.1, -0.05) is 42.5 Å². The highest BCUT2D eigenvalue weighted by atomic mass is 16.2. The van der Waals surface area contributed by atoms with Crippen LogP contribution in [0.2, 0.25) is 0 Å². The fourth-order valence-electron chi connectivity index (χ4n) is 2.60. The number of amides is 1. The molecule has 5 nitrogen and oxygen atoms in total. The molecule has 3 rings (SSSR count). The molecule has 128 valence electrons. The molecular formula is C20H22N4O. The molecule has 1 amide bonds. The molecule has 5 heteroatoms. The summed E-state index contributed by atoms with van der Waals surface area (Å²) in [7, 11) is 4.00. The first-order valence-electron chi connectivity index (χ1n) is 8.33. The van der Waals surface area contributed by atoms with Crippen LogP contribution in [-0.4, -0.2) is 52.9 Å². The predicted molar refractivity (Wildman–Crippen MR) is 99.3 cm³/mol. The number of aromatic nitrogens is 2. The zero-order chi connectivity index (χ0) is 17.6. The zero-order valence-electron chi connectivity index (χ0n) is 14.6. The van der Waals surface area contributed by atoms with Crippen molar-refractivity contribution in [3.63, 3.8) is 0 Å². The van der Waals surface area contributed by atoms with Crippen molar-refractivity contribution in [3.8, 4) is 0 Å². The van der Waals surface area contributed by atoms with Crippen molar-refractivity contribution in [1.82, 2.24) is 19.8 Å². The van der Waals surface area contributed by atoms with E-state index in [-0.39, 0.29) is 5.91 Å². The SMILES string of the molecule is CN(C)CCN(Cc1ccccc1)C(=O)c1cnc2ccccc2n1. The summed E-state index contributed by atoms with van der Waals surface area (Å²) in [6.07, 6.45) is 1.57. The number of hydrogen-bond donors (Lipinski definition) is 0. The number of likely N-dealkylation sites (N-methyl/N-ethyl adjacent to an activating group) is 1. The van der Waals surface area contributed by atoms with Gasteiger partial charge in [-0.05, 0) is 31.8 Å². The number of carbonyl (C=O) groups excluding carboxylic acids is 1. The number of para-hydroxylation sites is 2. The highest BCUT2D eigenvalue weighted by molar-refractivity contribution is 5.93.